The van der Waals surface area contributed by atoms with Crippen LogP contribution < -0.4 is 11.1 Å². The number of nitrogens with one attached hydrogen (secondary N) is 1. The number of nitrogen functional groups attached to an aromatic ring is 1. The first-order valence-electron chi connectivity index (χ1n) is 19.3. The molecule has 0 bridgehead atoms. The predicted octanol–water partition coefficient (Wildman–Crippen LogP) is 13.2. The van der Waals surface area contributed by atoms with Crippen molar-refractivity contribution in [1.82, 2.24) is 5.32 Å². The molecule has 4 atom stereocenters. The van der Waals surface area contributed by atoms with Gasteiger partial charge in [0.05, 0.1) is 0 Å². The lowest BCUT2D eigenvalue weighted by atomic mass is 9.64. The van der Waals surface area contributed by atoms with Gasteiger partial charge in [-0.1, -0.05) is 122 Å². The Morgan fingerprint density at radius 3 is 1.86 bits per heavy atom. The van der Waals surface area contributed by atoms with Crippen LogP contribution in [0.25, 0.3) is 28.0 Å². The van der Waals surface area contributed by atoms with E-state index in [2.05, 4.69) is 123 Å². The molecule has 51 heavy (non-hydrogen) atoms. The van der Waals surface area contributed by atoms with Crippen molar-refractivity contribution in [3.63, 3.8) is 0 Å². The number of benzene rings is 4. The molecule has 0 spiro atoms. The molecule has 3 nitrogen and oxygen atoms in total. The molecule has 0 amide bonds. The van der Waals surface area contributed by atoms with Gasteiger partial charge in [0.25, 0.3) is 0 Å². The van der Waals surface area contributed by atoms with Crippen LogP contribution in [0.4, 0.5) is 5.69 Å². The third kappa shape index (κ3) is 9.82. The molecule has 3 N–H and O–H groups in total. The maximum absolute atomic E-state index is 10.7. The second kappa shape index (κ2) is 18.9. The summed E-state index contributed by atoms with van der Waals surface area (Å²) in [7, 11) is 0. The van der Waals surface area contributed by atoms with Crippen LogP contribution in [0.3, 0.4) is 0 Å². The summed E-state index contributed by atoms with van der Waals surface area (Å²) in [6, 6.07) is 24.3. The van der Waals surface area contributed by atoms with Crippen molar-refractivity contribution in [2.45, 2.75) is 109 Å². The Morgan fingerprint density at radius 1 is 0.824 bits per heavy atom. The van der Waals surface area contributed by atoms with E-state index in [1.165, 1.54) is 81.8 Å². The zero-order valence-electron chi connectivity index (χ0n) is 33.8. The monoisotopic (exact) mass is 687 g/mol. The summed E-state index contributed by atoms with van der Waals surface area (Å²) in [5.41, 5.74) is 21.1. The second-order valence-electron chi connectivity index (χ2n) is 15.0. The van der Waals surface area contributed by atoms with Crippen molar-refractivity contribution in [2.24, 2.45) is 29.6 Å². The Kier molecular flexibility index (Phi) is 15.3. The normalized spacial score (nSPS) is 19.0. The van der Waals surface area contributed by atoms with E-state index in [1.807, 2.05) is 13.8 Å². The minimum Gasteiger partial charge on any atom is -0.399 e. The Balaban J connectivity index is 0.000000234. The fraction of sp³-hybridized carbons (Fsp3) is 0.438. The number of hydrogen-bond donors (Lipinski definition) is 2. The van der Waals surface area contributed by atoms with Crippen LogP contribution in [0, 0.1) is 57.3 Å². The van der Waals surface area contributed by atoms with Gasteiger partial charge in [0.1, 0.15) is 0 Å². The Hall–Kier alpha value is -4.11. The lowest BCUT2D eigenvalue weighted by Crippen LogP contribution is -2.33. The summed E-state index contributed by atoms with van der Waals surface area (Å²) in [6.07, 6.45) is 4.32. The van der Waals surface area contributed by atoms with E-state index in [1.54, 1.807) is 24.3 Å². The van der Waals surface area contributed by atoms with Gasteiger partial charge < -0.3 is 11.1 Å². The highest BCUT2D eigenvalue weighted by molar-refractivity contribution is 5.95. The minimum absolute atomic E-state index is 0.0484. The van der Waals surface area contributed by atoms with Gasteiger partial charge in [-0.05, 0) is 139 Å². The zero-order chi connectivity index (χ0) is 38.0. The van der Waals surface area contributed by atoms with Gasteiger partial charge in [0.2, 0.25) is 0 Å². The van der Waals surface area contributed by atoms with E-state index in [9.17, 15) is 4.79 Å². The first-order valence-corrected chi connectivity index (χ1v) is 19.3. The third-order valence-corrected chi connectivity index (χ3v) is 11.0. The zero-order valence-corrected chi connectivity index (χ0v) is 33.8. The van der Waals surface area contributed by atoms with Gasteiger partial charge in [0, 0.05) is 29.1 Å². The Labute approximate surface area is 311 Å². The molecule has 0 radical (unpaired) electrons. The van der Waals surface area contributed by atoms with Gasteiger partial charge in [-0.15, -0.1) is 0 Å². The number of aryl methyl sites for hydroxylation is 2. The highest BCUT2D eigenvalue weighted by atomic mass is 16.1. The summed E-state index contributed by atoms with van der Waals surface area (Å²) < 4.78 is 0. The topological polar surface area (TPSA) is 55.1 Å². The SMILES string of the molecule is C=C1NCc2c1c(-c1ccccc1C)c(C)c(C)c2-c1ccccc1C.CC.CC(=O)c1cccc(N)c1.CCC1CC(C)CC(C)C1C(C)C. The lowest BCUT2D eigenvalue weighted by Gasteiger charge is -2.41. The molecule has 1 aliphatic heterocycles. The van der Waals surface area contributed by atoms with Gasteiger partial charge in [0.15, 0.2) is 5.78 Å². The van der Waals surface area contributed by atoms with E-state index >= 15 is 0 Å². The summed E-state index contributed by atoms with van der Waals surface area (Å²) in [6.45, 7) is 31.7. The molecule has 6 rings (SSSR count). The van der Waals surface area contributed by atoms with E-state index in [0.717, 1.165) is 41.8 Å². The smallest absolute Gasteiger partial charge is 0.159 e. The number of ketones is 1. The number of anilines is 1. The number of fused-ring (bicyclic) bond motifs is 1. The molecule has 0 saturated heterocycles. The number of hydrogen-bond acceptors (Lipinski definition) is 3. The largest absolute Gasteiger partial charge is 0.399 e. The second-order valence-corrected chi connectivity index (χ2v) is 15.0. The number of carbonyl (C=O) groups is 1. The first-order chi connectivity index (χ1) is 24.3. The summed E-state index contributed by atoms with van der Waals surface area (Å²) in [4.78, 5) is 10.7. The predicted molar refractivity (Wildman–Crippen MR) is 224 cm³/mol. The summed E-state index contributed by atoms with van der Waals surface area (Å²) in [5.74, 6) is 4.84. The van der Waals surface area contributed by atoms with E-state index in [0.29, 0.717) is 11.3 Å². The van der Waals surface area contributed by atoms with Crippen molar-refractivity contribution < 1.29 is 4.79 Å². The number of Topliss-reactive ketones (excluding diaryl/α,β-unsaturated/α-hetero) is 1. The van der Waals surface area contributed by atoms with Crippen molar-refractivity contribution in [3.8, 4) is 22.3 Å². The quantitative estimate of drug-likeness (QED) is 0.162. The molecule has 1 heterocycles. The number of carbonyl (C=O) groups excluding carboxylic acids is 1. The molecule has 274 valence electrons. The number of rotatable bonds is 5. The van der Waals surface area contributed by atoms with Crippen LogP contribution in [-0.2, 0) is 6.54 Å². The van der Waals surface area contributed by atoms with Gasteiger partial charge in [-0.3, -0.25) is 4.79 Å². The molecule has 1 fully saturated rings. The van der Waals surface area contributed by atoms with Crippen molar-refractivity contribution in [1.29, 1.82) is 0 Å². The Morgan fingerprint density at radius 2 is 1.37 bits per heavy atom. The summed E-state index contributed by atoms with van der Waals surface area (Å²) in [5, 5.41) is 3.50. The molecule has 2 aliphatic rings. The maximum atomic E-state index is 10.7. The molecule has 1 saturated carbocycles. The molecular weight excluding hydrogens is 621 g/mol. The van der Waals surface area contributed by atoms with Crippen molar-refractivity contribution in [3.05, 3.63) is 118 Å². The van der Waals surface area contributed by atoms with Crippen LogP contribution in [0.15, 0.2) is 79.4 Å². The third-order valence-electron chi connectivity index (χ3n) is 11.0. The molecule has 3 heteroatoms. The van der Waals surface area contributed by atoms with Gasteiger partial charge in [-0.2, -0.15) is 0 Å². The lowest BCUT2D eigenvalue weighted by molar-refractivity contribution is 0.0817. The van der Waals surface area contributed by atoms with Crippen molar-refractivity contribution >= 4 is 17.2 Å². The average molecular weight is 687 g/mol. The molecule has 0 aromatic heterocycles. The van der Waals surface area contributed by atoms with E-state index in [4.69, 9.17) is 5.73 Å². The standard InChI is InChI=1S/C25H25N.C13H26.C8H9NO.C2H6/c1-15-10-6-8-12-20(15)23-17(3)18(4)24(21-13-9-7-11-16(21)2)25-19(5)26-14-22(23)25;1-6-12-8-10(4)7-11(5)13(12)9(2)3;1-6(10)7-3-2-4-8(9)5-7;1-2/h6-13,26H,5,14H2,1-4H3;9-13H,6-8H2,1-5H3;2-5H,9H2,1H3;1-2H3. The molecule has 4 aromatic carbocycles. The highest BCUT2D eigenvalue weighted by Crippen LogP contribution is 2.46. The van der Waals surface area contributed by atoms with Crippen LogP contribution in [0.2, 0.25) is 0 Å². The maximum Gasteiger partial charge on any atom is 0.159 e. The fourth-order valence-electron chi connectivity index (χ4n) is 8.69. The van der Waals surface area contributed by atoms with Gasteiger partial charge >= 0.3 is 0 Å². The molecular formula is C48H66N2O. The summed E-state index contributed by atoms with van der Waals surface area (Å²) >= 11 is 0. The molecule has 4 unspecified atom stereocenters. The average Bonchev–Trinajstić information content (AvgIpc) is 3.47. The van der Waals surface area contributed by atoms with Crippen molar-refractivity contribution in [2.75, 3.05) is 5.73 Å². The number of nitrogens with two attached hydrogens (primary N) is 1. The minimum atomic E-state index is 0.0484. The highest BCUT2D eigenvalue weighted by Gasteiger charge is 2.34. The fourth-order valence-corrected chi connectivity index (χ4v) is 8.69. The van der Waals surface area contributed by atoms with E-state index < -0.39 is 0 Å². The van der Waals surface area contributed by atoms with E-state index in [-0.39, 0.29) is 5.78 Å². The Bertz CT molecular complexity index is 1780. The molecule has 4 aromatic rings. The van der Waals surface area contributed by atoms with Crippen LogP contribution >= 0.6 is 0 Å². The van der Waals surface area contributed by atoms with Crippen LogP contribution in [0.1, 0.15) is 118 Å². The molecule has 1 aliphatic carbocycles. The van der Waals surface area contributed by atoms with Crippen LogP contribution in [0.5, 0.6) is 0 Å². The first kappa shape index (κ1) is 41.3. The van der Waals surface area contributed by atoms with Crippen LogP contribution in [-0.4, -0.2) is 5.78 Å². The van der Waals surface area contributed by atoms with Gasteiger partial charge in [-0.25, -0.2) is 0 Å².